The molecular weight excluding hydrogens is 201 g/mol. The molecular formula is C10H14FNO3. The third-order valence-corrected chi connectivity index (χ3v) is 1.98. The molecule has 0 atom stereocenters. The maximum absolute atomic E-state index is 12.2. The van der Waals surface area contributed by atoms with Gasteiger partial charge in [-0.1, -0.05) is 0 Å². The Labute approximate surface area is 87.7 Å². The van der Waals surface area contributed by atoms with E-state index in [4.69, 9.17) is 14.6 Å². The highest BCUT2D eigenvalue weighted by Gasteiger charge is 2.13. The van der Waals surface area contributed by atoms with Crippen LogP contribution in [0.3, 0.4) is 0 Å². The Morgan fingerprint density at radius 1 is 1.47 bits per heavy atom. The summed E-state index contributed by atoms with van der Waals surface area (Å²) in [6.07, 6.45) is 1.42. The fourth-order valence-electron chi connectivity index (χ4n) is 1.26. The van der Waals surface area contributed by atoms with Crippen molar-refractivity contribution < 1.29 is 19.0 Å². The maximum atomic E-state index is 12.2. The highest BCUT2D eigenvalue weighted by atomic mass is 19.1. The van der Waals surface area contributed by atoms with Crippen LogP contribution in [-0.4, -0.2) is 23.6 Å². The van der Waals surface area contributed by atoms with Gasteiger partial charge in [-0.25, -0.2) is 4.39 Å². The first kappa shape index (κ1) is 11.7. The van der Waals surface area contributed by atoms with Crippen molar-refractivity contribution in [3.63, 3.8) is 0 Å². The zero-order valence-electron chi connectivity index (χ0n) is 8.79. The molecule has 1 aromatic heterocycles. The van der Waals surface area contributed by atoms with Crippen molar-refractivity contribution in [2.45, 2.75) is 20.5 Å². The topological polar surface area (TPSA) is 51.6 Å². The van der Waals surface area contributed by atoms with Gasteiger partial charge in [0.15, 0.2) is 11.5 Å². The van der Waals surface area contributed by atoms with E-state index in [-0.39, 0.29) is 6.61 Å². The summed E-state index contributed by atoms with van der Waals surface area (Å²) in [5.74, 6) is 0.697. The number of aliphatic hydroxyl groups excluding tert-OH is 1. The van der Waals surface area contributed by atoms with Gasteiger partial charge in [0.2, 0.25) is 6.86 Å². The van der Waals surface area contributed by atoms with Gasteiger partial charge in [0.05, 0.1) is 25.1 Å². The monoisotopic (exact) mass is 215 g/mol. The van der Waals surface area contributed by atoms with Crippen LogP contribution in [0.1, 0.15) is 18.2 Å². The molecule has 1 heterocycles. The van der Waals surface area contributed by atoms with Gasteiger partial charge in [0.1, 0.15) is 0 Å². The number of pyridine rings is 1. The van der Waals surface area contributed by atoms with E-state index in [2.05, 4.69) is 4.98 Å². The molecule has 4 nitrogen and oxygen atoms in total. The fraction of sp³-hybridized carbons (Fsp3) is 0.500. The quantitative estimate of drug-likeness (QED) is 0.810. The molecule has 0 spiro atoms. The summed E-state index contributed by atoms with van der Waals surface area (Å²) >= 11 is 0. The molecule has 0 radical (unpaired) electrons. The van der Waals surface area contributed by atoms with Crippen molar-refractivity contribution in [2.24, 2.45) is 0 Å². The average Bonchev–Trinajstić information content (AvgIpc) is 2.24. The molecule has 84 valence electrons. The molecule has 15 heavy (non-hydrogen) atoms. The molecule has 1 rings (SSSR count). The Morgan fingerprint density at radius 2 is 2.20 bits per heavy atom. The smallest absolute Gasteiger partial charge is 0.228 e. The van der Waals surface area contributed by atoms with E-state index in [0.717, 1.165) is 0 Å². The second-order valence-electron chi connectivity index (χ2n) is 2.87. The van der Waals surface area contributed by atoms with Gasteiger partial charge in [0, 0.05) is 5.56 Å². The standard InChI is InChI=1S/C10H14FNO3/c1-3-14-9-4-12-8(5-13)7(2)10(9)15-6-11/h4,13H,3,5-6H2,1-2H3. The zero-order valence-corrected chi connectivity index (χ0v) is 8.79. The van der Waals surface area contributed by atoms with E-state index in [1.54, 1.807) is 6.92 Å². The largest absolute Gasteiger partial charge is 0.488 e. The van der Waals surface area contributed by atoms with E-state index < -0.39 is 6.86 Å². The molecule has 0 aromatic carbocycles. The van der Waals surface area contributed by atoms with Crippen LogP contribution in [-0.2, 0) is 6.61 Å². The molecule has 0 bridgehead atoms. The van der Waals surface area contributed by atoms with E-state index in [1.165, 1.54) is 6.20 Å². The predicted octanol–water partition coefficient (Wildman–Crippen LogP) is 1.59. The minimum Gasteiger partial charge on any atom is -0.488 e. The van der Waals surface area contributed by atoms with E-state index in [1.807, 2.05) is 6.92 Å². The summed E-state index contributed by atoms with van der Waals surface area (Å²) in [4.78, 5) is 3.98. The van der Waals surface area contributed by atoms with Crippen LogP contribution < -0.4 is 9.47 Å². The summed E-state index contributed by atoms with van der Waals surface area (Å²) in [6.45, 7) is 2.82. The molecule has 1 aromatic rings. The van der Waals surface area contributed by atoms with Gasteiger partial charge in [-0.05, 0) is 13.8 Å². The number of nitrogens with zero attached hydrogens (tertiary/aromatic N) is 1. The first-order valence-corrected chi connectivity index (χ1v) is 4.65. The lowest BCUT2D eigenvalue weighted by Gasteiger charge is -2.13. The van der Waals surface area contributed by atoms with Crippen LogP contribution in [0.4, 0.5) is 4.39 Å². The normalized spacial score (nSPS) is 10.1. The number of rotatable bonds is 5. The Balaban J connectivity index is 3.11. The third-order valence-electron chi connectivity index (χ3n) is 1.98. The summed E-state index contributed by atoms with van der Waals surface area (Å²) in [7, 11) is 0. The molecule has 5 heteroatoms. The van der Waals surface area contributed by atoms with E-state index in [9.17, 15) is 4.39 Å². The number of alkyl halides is 1. The van der Waals surface area contributed by atoms with Crippen molar-refractivity contribution in [3.05, 3.63) is 17.5 Å². The molecule has 0 amide bonds. The second-order valence-corrected chi connectivity index (χ2v) is 2.87. The van der Waals surface area contributed by atoms with Gasteiger partial charge in [-0.15, -0.1) is 0 Å². The highest BCUT2D eigenvalue weighted by Crippen LogP contribution is 2.31. The maximum Gasteiger partial charge on any atom is 0.228 e. The van der Waals surface area contributed by atoms with Crippen LogP contribution >= 0.6 is 0 Å². The Kier molecular flexibility index (Phi) is 4.30. The average molecular weight is 215 g/mol. The van der Waals surface area contributed by atoms with Crippen molar-refractivity contribution in [1.82, 2.24) is 4.98 Å². The van der Waals surface area contributed by atoms with Crippen LogP contribution in [0.5, 0.6) is 11.5 Å². The Bertz CT molecular complexity index is 331. The molecule has 0 saturated carbocycles. The minimum absolute atomic E-state index is 0.207. The Morgan fingerprint density at radius 3 is 2.73 bits per heavy atom. The number of hydrogen-bond donors (Lipinski definition) is 1. The van der Waals surface area contributed by atoms with Gasteiger partial charge in [-0.3, -0.25) is 4.98 Å². The second kappa shape index (κ2) is 5.50. The van der Waals surface area contributed by atoms with E-state index in [0.29, 0.717) is 29.4 Å². The zero-order chi connectivity index (χ0) is 11.3. The number of hydrogen-bond acceptors (Lipinski definition) is 4. The first-order valence-electron chi connectivity index (χ1n) is 4.65. The number of halogens is 1. The molecule has 0 aliphatic carbocycles. The molecule has 0 aliphatic heterocycles. The van der Waals surface area contributed by atoms with E-state index >= 15 is 0 Å². The summed E-state index contributed by atoms with van der Waals surface area (Å²) in [5, 5.41) is 8.98. The third kappa shape index (κ3) is 2.56. The fourth-order valence-corrected chi connectivity index (χ4v) is 1.26. The SMILES string of the molecule is CCOc1cnc(CO)c(C)c1OCF. The molecule has 0 aliphatic rings. The predicted molar refractivity (Wildman–Crippen MR) is 52.7 cm³/mol. The van der Waals surface area contributed by atoms with Gasteiger partial charge >= 0.3 is 0 Å². The highest BCUT2D eigenvalue weighted by molar-refractivity contribution is 5.46. The molecule has 0 saturated heterocycles. The van der Waals surface area contributed by atoms with Crippen LogP contribution in [0.15, 0.2) is 6.20 Å². The van der Waals surface area contributed by atoms with Crippen LogP contribution in [0, 0.1) is 6.92 Å². The number of ether oxygens (including phenoxy) is 2. The van der Waals surface area contributed by atoms with Crippen LogP contribution in [0.2, 0.25) is 0 Å². The van der Waals surface area contributed by atoms with Crippen LogP contribution in [0.25, 0.3) is 0 Å². The summed E-state index contributed by atoms with van der Waals surface area (Å²) in [6, 6.07) is 0. The van der Waals surface area contributed by atoms with Gasteiger partial charge in [-0.2, -0.15) is 0 Å². The lowest BCUT2D eigenvalue weighted by molar-refractivity contribution is 0.179. The molecule has 0 fully saturated rings. The minimum atomic E-state index is -0.935. The van der Waals surface area contributed by atoms with Crippen molar-refractivity contribution >= 4 is 0 Å². The molecule has 0 unspecified atom stereocenters. The van der Waals surface area contributed by atoms with Crippen molar-refractivity contribution in [3.8, 4) is 11.5 Å². The molecule has 1 N–H and O–H groups in total. The van der Waals surface area contributed by atoms with Gasteiger partial charge < -0.3 is 14.6 Å². The van der Waals surface area contributed by atoms with Gasteiger partial charge in [0.25, 0.3) is 0 Å². The summed E-state index contributed by atoms with van der Waals surface area (Å²) in [5.41, 5.74) is 1.06. The lowest BCUT2D eigenvalue weighted by atomic mass is 10.2. The first-order chi connectivity index (χ1) is 7.24. The lowest BCUT2D eigenvalue weighted by Crippen LogP contribution is -2.04. The number of aliphatic hydroxyl groups is 1. The number of aromatic nitrogens is 1. The van der Waals surface area contributed by atoms with Crippen molar-refractivity contribution in [1.29, 1.82) is 0 Å². The Hall–Kier alpha value is -1.36. The van der Waals surface area contributed by atoms with Crippen molar-refractivity contribution in [2.75, 3.05) is 13.5 Å². The summed E-state index contributed by atoms with van der Waals surface area (Å²) < 4.78 is 22.2.